The number of hydrogen-bond donors (Lipinski definition) is 2. The molecule has 1 fully saturated rings. The van der Waals surface area contributed by atoms with Crippen molar-refractivity contribution in [2.45, 2.75) is 45.8 Å². The molecule has 1 aromatic heterocycles. The summed E-state index contributed by atoms with van der Waals surface area (Å²) in [5.74, 6) is 0.737. The fourth-order valence-corrected chi connectivity index (χ4v) is 3.98. The second kappa shape index (κ2) is 10.0. The summed E-state index contributed by atoms with van der Waals surface area (Å²) in [4.78, 5) is 33.8. The predicted molar refractivity (Wildman–Crippen MR) is 120 cm³/mol. The third-order valence-electron chi connectivity index (χ3n) is 5.32. The summed E-state index contributed by atoms with van der Waals surface area (Å²) in [6, 6.07) is 4.98. The van der Waals surface area contributed by atoms with Gasteiger partial charge in [0.05, 0.1) is 41.8 Å². The molecule has 2 heterocycles. The Hall–Kier alpha value is -3.07. The molecular weight excluding hydrogens is 436 g/mol. The van der Waals surface area contributed by atoms with Gasteiger partial charge in [-0.25, -0.2) is 14.8 Å². The lowest BCUT2D eigenvalue weighted by Crippen LogP contribution is -2.36. The molecule has 2 atom stereocenters. The first-order chi connectivity index (χ1) is 15.3. The van der Waals surface area contributed by atoms with Crippen molar-refractivity contribution in [2.75, 3.05) is 25.5 Å². The zero-order valence-electron chi connectivity index (χ0n) is 18.5. The Kier molecular flexibility index (Phi) is 7.40. The van der Waals surface area contributed by atoms with E-state index < -0.39 is 24.2 Å². The van der Waals surface area contributed by atoms with Crippen LogP contribution in [0.1, 0.15) is 32.2 Å². The van der Waals surface area contributed by atoms with Crippen LogP contribution < -0.4 is 10.1 Å². The minimum atomic E-state index is -1.06. The molecule has 32 heavy (non-hydrogen) atoms. The first-order valence-corrected chi connectivity index (χ1v) is 10.8. The lowest BCUT2D eigenvalue weighted by atomic mass is 10.1. The van der Waals surface area contributed by atoms with Gasteiger partial charge < -0.3 is 24.8 Å². The zero-order chi connectivity index (χ0) is 23.4. The van der Waals surface area contributed by atoms with Crippen molar-refractivity contribution in [3.05, 3.63) is 34.6 Å². The zero-order valence-corrected chi connectivity index (χ0v) is 19.3. The van der Waals surface area contributed by atoms with Crippen molar-refractivity contribution in [1.29, 1.82) is 0 Å². The molecule has 0 unspecified atom stereocenters. The van der Waals surface area contributed by atoms with Crippen LogP contribution in [0.3, 0.4) is 0 Å². The van der Waals surface area contributed by atoms with Crippen LogP contribution in [0, 0.1) is 0 Å². The fraction of sp³-hybridized carbons (Fsp3) is 0.455. The van der Waals surface area contributed by atoms with Gasteiger partial charge in [-0.15, -0.1) is 0 Å². The second-order valence-electron chi connectivity index (χ2n) is 7.45. The van der Waals surface area contributed by atoms with Gasteiger partial charge in [0.15, 0.2) is 0 Å². The van der Waals surface area contributed by atoms with E-state index in [1.165, 1.54) is 11.8 Å². The van der Waals surface area contributed by atoms with Crippen LogP contribution in [0.4, 0.5) is 10.6 Å². The quantitative estimate of drug-likeness (QED) is 0.599. The highest BCUT2D eigenvalue weighted by atomic mass is 35.5. The lowest BCUT2D eigenvalue weighted by Gasteiger charge is -2.22. The fourth-order valence-electron chi connectivity index (χ4n) is 3.72. The number of nitrogens with zero attached hydrogens (tertiary/aromatic N) is 3. The maximum Gasteiger partial charge on any atom is 0.407 e. The molecule has 1 amide bonds. The summed E-state index contributed by atoms with van der Waals surface area (Å²) in [7, 11) is 1.58. The van der Waals surface area contributed by atoms with Crippen molar-refractivity contribution in [1.82, 2.24) is 14.9 Å². The first kappa shape index (κ1) is 23.6. The topological polar surface area (TPSA) is 114 Å². The number of amides is 1. The molecule has 0 spiro atoms. The molecule has 10 heteroatoms. The van der Waals surface area contributed by atoms with E-state index in [9.17, 15) is 14.7 Å². The van der Waals surface area contributed by atoms with Gasteiger partial charge in [0.25, 0.3) is 0 Å². The smallest absolute Gasteiger partial charge is 0.407 e. The summed E-state index contributed by atoms with van der Waals surface area (Å²) in [5, 5.41) is 13.2. The molecule has 172 valence electrons. The molecule has 1 aliphatic heterocycles. The second-order valence-corrected chi connectivity index (χ2v) is 7.86. The summed E-state index contributed by atoms with van der Waals surface area (Å²) >= 11 is 6.48. The molecular formula is C22H27ClN4O5. The molecule has 0 saturated carbocycles. The van der Waals surface area contributed by atoms with Crippen molar-refractivity contribution in [3.63, 3.8) is 0 Å². The Morgan fingerprint density at radius 2 is 1.94 bits per heavy atom. The number of ether oxygens (including phenoxy) is 2. The van der Waals surface area contributed by atoms with Crippen LogP contribution in [0.2, 0.25) is 5.02 Å². The van der Waals surface area contributed by atoms with Crippen molar-refractivity contribution in [2.24, 2.45) is 0 Å². The van der Waals surface area contributed by atoms with Crippen LogP contribution in [0.25, 0.3) is 11.3 Å². The van der Waals surface area contributed by atoms with Crippen LogP contribution in [-0.4, -0.2) is 64.4 Å². The molecule has 2 N–H and O–H groups in total. The standard InChI is InChI=1S/C22H27ClN4O5/c1-5-16-20(14-8-7-13(31-4)9-15(14)23)24-17(6-2)21(25-16)26-18-10-27(22(29)30)11-19(18)32-12(3)28/h7-9,18-19H,5-6,10-11H2,1-4H3,(H,25,26)(H,29,30)/t18-,19+/m1/s1. The highest BCUT2D eigenvalue weighted by Gasteiger charge is 2.38. The number of aryl methyl sites for hydroxylation is 2. The van der Waals surface area contributed by atoms with E-state index in [0.29, 0.717) is 40.8 Å². The molecule has 0 radical (unpaired) electrons. The van der Waals surface area contributed by atoms with E-state index in [1.54, 1.807) is 13.2 Å². The molecule has 0 aliphatic carbocycles. The largest absolute Gasteiger partial charge is 0.497 e. The van der Waals surface area contributed by atoms with Crippen LogP contribution in [0.15, 0.2) is 18.2 Å². The minimum Gasteiger partial charge on any atom is -0.497 e. The number of aromatic nitrogens is 2. The number of halogens is 1. The number of rotatable bonds is 7. The summed E-state index contributed by atoms with van der Waals surface area (Å²) in [5.41, 5.74) is 2.90. The van der Waals surface area contributed by atoms with Crippen LogP contribution in [0.5, 0.6) is 5.75 Å². The lowest BCUT2D eigenvalue weighted by molar-refractivity contribution is -0.145. The predicted octanol–water partition coefficient (Wildman–Crippen LogP) is 3.64. The number of benzene rings is 1. The summed E-state index contributed by atoms with van der Waals surface area (Å²) < 4.78 is 10.6. The van der Waals surface area contributed by atoms with Gasteiger partial charge in [-0.3, -0.25) is 4.79 Å². The number of carbonyl (C=O) groups excluding carboxylic acids is 1. The number of likely N-dealkylation sites (tertiary alicyclic amines) is 1. The average molecular weight is 463 g/mol. The first-order valence-electron chi connectivity index (χ1n) is 10.4. The van der Waals surface area contributed by atoms with E-state index in [2.05, 4.69) is 5.32 Å². The summed E-state index contributed by atoms with van der Waals surface area (Å²) in [6.45, 7) is 5.51. The number of carbonyl (C=O) groups is 2. The van der Waals surface area contributed by atoms with Gasteiger partial charge in [0.2, 0.25) is 0 Å². The van der Waals surface area contributed by atoms with Gasteiger partial charge in [0.1, 0.15) is 17.7 Å². The molecule has 2 aromatic rings. The Morgan fingerprint density at radius 3 is 2.50 bits per heavy atom. The molecule has 1 aliphatic rings. The van der Waals surface area contributed by atoms with E-state index >= 15 is 0 Å². The third-order valence-corrected chi connectivity index (χ3v) is 5.63. The van der Waals surface area contributed by atoms with Gasteiger partial charge in [-0.2, -0.15) is 0 Å². The number of hydrogen-bond acceptors (Lipinski definition) is 7. The van der Waals surface area contributed by atoms with Gasteiger partial charge in [0, 0.05) is 19.0 Å². The Balaban J connectivity index is 1.97. The van der Waals surface area contributed by atoms with Crippen molar-refractivity contribution < 1.29 is 24.2 Å². The number of esters is 1. The Bertz CT molecular complexity index is 1020. The number of carboxylic acid groups (broad SMARTS) is 1. The van der Waals surface area contributed by atoms with Gasteiger partial charge >= 0.3 is 12.1 Å². The SMILES string of the molecule is CCc1nc(-c2ccc(OC)cc2Cl)c(CC)nc1N[C@@H]1CN(C(=O)O)C[C@@H]1OC(C)=O. The molecule has 9 nitrogen and oxygen atoms in total. The number of methoxy groups -OCH3 is 1. The molecule has 1 saturated heterocycles. The molecule has 0 bridgehead atoms. The van der Waals surface area contributed by atoms with E-state index in [1.807, 2.05) is 26.0 Å². The van der Waals surface area contributed by atoms with E-state index in [0.717, 1.165) is 11.3 Å². The van der Waals surface area contributed by atoms with E-state index in [-0.39, 0.29) is 13.1 Å². The van der Waals surface area contributed by atoms with Gasteiger partial charge in [-0.1, -0.05) is 25.4 Å². The number of nitrogens with one attached hydrogen (secondary N) is 1. The normalized spacial score (nSPS) is 17.8. The molecule has 1 aromatic carbocycles. The van der Waals surface area contributed by atoms with E-state index in [4.69, 9.17) is 31.0 Å². The average Bonchev–Trinajstić information content (AvgIpc) is 3.15. The van der Waals surface area contributed by atoms with Gasteiger partial charge in [-0.05, 0) is 31.0 Å². The maximum absolute atomic E-state index is 11.5. The number of anilines is 1. The third kappa shape index (κ3) is 5.04. The Labute approximate surface area is 191 Å². The monoisotopic (exact) mass is 462 g/mol. The van der Waals surface area contributed by atoms with Crippen LogP contribution in [-0.2, 0) is 22.4 Å². The highest BCUT2D eigenvalue weighted by Crippen LogP contribution is 2.33. The van der Waals surface area contributed by atoms with Crippen LogP contribution >= 0.6 is 11.6 Å². The maximum atomic E-state index is 11.5. The molecule has 3 rings (SSSR count). The van der Waals surface area contributed by atoms with Crippen molar-refractivity contribution >= 4 is 29.5 Å². The summed E-state index contributed by atoms with van der Waals surface area (Å²) in [6.07, 6.45) is -0.473. The Morgan fingerprint density at radius 1 is 1.22 bits per heavy atom. The minimum absolute atomic E-state index is 0.0989. The van der Waals surface area contributed by atoms with Crippen molar-refractivity contribution in [3.8, 4) is 17.0 Å². The highest BCUT2D eigenvalue weighted by molar-refractivity contribution is 6.33.